The molecular weight excluding hydrogens is 476 g/mol. The smallest absolute Gasteiger partial charge is 0.275 e. The van der Waals surface area contributed by atoms with E-state index >= 15 is 0 Å². The highest BCUT2D eigenvalue weighted by Gasteiger charge is 2.28. The molecular formula is C23H17Cl2F3N4O. The number of hydrogen-bond donors (Lipinski definition) is 0. The van der Waals surface area contributed by atoms with E-state index in [1.807, 2.05) is 12.1 Å². The molecule has 5 nitrogen and oxygen atoms in total. The molecule has 2 aromatic carbocycles. The molecule has 0 aliphatic rings. The van der Waals surface area contributed by atoms with E-state index in [4.69, 9.17) is 23.2 Å². The summed E-state index contributed by atoms with van der Waals surface area (Å²) in [4.78, 5) is 17.3. The standard InChI is InChI=1S/C23H17Cl2F3N4O/c24-17-7-5-16(6-8-17)21-30-32(22(33)31(21)12-10-23(26,27)28)14-15-9-11-29-20(13-15)18-3-1-2-4-19(18)25/h1-9,11,13H,10,12,14H2. The van der Waals surface area contributed by atoms with Crippen LogP contribution in [0.4, 0.5) is 13.2 Å². The van der Waals surface area contributed by atoms with Gasteiger partial charge < -0.3 is 0 Å². The Morgan fingerprint density at radius 2 is 1.70 bits per heavy atom. The second-order valence-corrected chi connectivity index (χ2v) is 8.16. The van der Waals surface area contributed by atoms with Gasteiger partial charge >= 0.3 is 11.9 Å². The fourth-order valence-electron chi connectivity index (χ4n) is 3.36. The van der Waals surface area contributed by atoms with Crippen molar-refractivity contribution in [1.29, 1.82) is 0 Å². The van der Waals surface area contributed by atoms with Crippen molar-refractivity contribution in [2.75, 3.05) is 0 Å². The monoisotopic (exact) mass is 492 g/mol. The van der Waals surface area contributed by atoms with Crippen LogP contribution >= 0.6 is 23.2 Å². The van der Waals surface area contributed by atoms with Gasteiger partial charge in [-0.2, -0.15) is 13.2 Å². The normalized spacial score (nSPS) is 11.7. The van der Waals surface area contributed by atoms with Crippen molar-refractivity contribution in [3.05, 3.63) is 93.0 Å². The highest BCUT2D eigenvalue weighted by molar-refractivity contribution is 6.33. The van der Waals surface area contributed by atoms with E-state index in [9.17, 15) is 18.0 Å². The van der Waals surface area contributed by atoms with Gasteiger partial charge in [-0.15, -0.1) is 5.10 Å². The molecule has 0 atom stereocenters. The summed E-state index contributed by atoms with van der Waals surface area (Å²) in [5.74, 6) is 0.140. The van der Waals surface area contributed by atoms with Crippen LogP contribution in [0.3, 0.4) is 0 Å². The first-order chi connectivity index (χ1) is 15.7. The van der Waals surface area contributed by atoms with E-state index in [2.05, 4.69) is 10.1 Å². The van der Waals surface area contributed by atoms with Crippen LogP contribution in [-0.2, 0) is 13.1 Å². The van der Waals surface area contributed by atoms with Crippen molar-refractivity contribution in [3.63, 3.8) is 0 Å². The fraction of sp³-hybridized carbons (Fsp3) is 0.174. The highest BCUT2D eigenvalue weighted by atomic mass is 35.5. The van der Waals surface area contributed by atoms with Crippen LogP contribution in [0.1, 0.15) is 12.0 Å². The van der Waals surface area contributed by atoms with Gasteiger partial charge in [0.05, 0.1) is 18.7 Å². The van der Waals surface area contributed by atoms with Crippen molar-refractivity contribution >= 4 is 23.2 Å². The Hall–Kier alpha value is -3.10. The minimum absolute atomic E-state index is 0.0540. The Bertz CT molecular complexity index is 1330. The summed E-state index contributed by atoms with van der Waals surface area (Å²) in [5, 5.41) is 5.33. The molecule has 4 aromatic rings. The van der Waals surface area contributed by atoms with E-state index in [1.54, 1.807) is 54.7 Å². The molecule has 0 fully saturated rings. The van der Waals surface area contributed by atoms with Crippen molar-refractivity contribution in [1.82, 2.24) is 19.3 Å². The topological polar surface area (TPSA) is 52.7 Å². The molecule has 170 valence electrons. The Kier molecular flexibility index (Phi) is 6.58. The Morgan fingerprint density at radius 3 is 2.39 bits per heavy atom. The van der Waals surface area contributed by atoms with E-state index in [0.717, 1.165) is 14.8 Å². The molecule has 0 radical (unpaired) electrons. The molecule has 0 aliphatic heterocycles. The molecule has 2 heterocycles. The van der Waals surface area contributed by atoms with Gasteiger partial charge in [0.2, 0.25) is 0 Å². The number of aromatic nitrogens is 4. The van der Waals surface area contributed by atoms with Gasteiger partial charge in [0.1, 0.15) is 0 Å². The average Bonchev–Trinajstić information content (AvgIpc) is 3.08. The van der Waals surface area contributed by atoms with Crippen LogP contribution in [-0.4, -0.2) is 25.5 Å². The van der Waals surface area contributed by atoms with E-state index in [0.29, 0.717) is 26.9 Å². The predicted octanol–water partition coefficient (Wildman–Crippen LogP) is 6.08. The van der Waals surface area contributed by atoms with Gasteiger partial charge in [-0.1, -0.05) is 41.4 Å². The first kappa shape index (κ1) is 23.1. The Morgan fingerprint density at radius 1 is 0.970 bits per heavy atom. The van der Waals surface area contributed by atoms with Crippen LogP contribution in [0.2, 0.25) is 10.0 Å². The van der Waals surface area contributed by atoms with E-state index < -0.39 is 24.8 Å². The lowest BCUT2D eigenvalue weighted by Gasteiger charge is -2.08. The summed E-state index contributed by atoms with van der Waals surface area (Å²) in [7, 11) is 0. The van der Waals surface area contributed by atoms with Crippen molar-refractivity contribution in [3.8, 4) is 22.6 Å². The van der Waals surface area contributed by atoms with Gasteiger partial charge in [-0.3, -0.25) is 9.55 Å². The van der Waals surface area contributed by atoms with Gasteiger partial charge in [0.15, 0.2) is 5.82 Å². The van der Waals surface area contributed by atoms with Crippen molar-refractivity contribution < 1.29 is 13.2 Å². The quantitative estimate of drug-likeness (QED) is 0.327. The number of nitrogens with zero attached hydrogens (tertiary/aromatic N) is 4. The molecule has 10 heteroatoms. The maximum atomic E-state index is 13.0. The molecule has 2 aromatic heterocycles. The molecule has 0 aliphatic carbocycles. The lowest BCUT2D eigenvalue weighted by atomic mass is 10.1. The first-order valence-electron chi connectivity index (χ1n) is 9.91. The third kappa shape index (κ3) is 5.46. The fourth-order valence-corrected chi connectivity index (χ4v) is 3.72. The third-order valence-electron chi connectivity index (χ3n) is 4.95. The van der Waals surface area contributed by atoms with Gasteiger partial charge in [0, 0.05) is 33.9 Å². The zero-order chi connectivity index (χ0) is 23.6. The maximum Gasteiger partial charge on any atom is 0.390 e. The zero-order valence-electron chi connectivity index (χ0n) is 17.1. The molecule has 4 rings (SSSR count). The number of rotatable bonds is 6. The average molecular weight is 493 g/mol. The Labute approximate surface area is 197 Å². The van der Waals surface area contributed by atoms with Gasteiger partial charge in [-0.25, -0.2) is 9.48 Å². The van der Waals surface area contributed by atoms with Gasteiger partial charge in [0.25, 0.3) is 0 Å². The summed E-state index contributed by atoms with van der Waals surface area (Å²) < 4.78 is 40.8. The van der Waals surface area contributed by atoms with Crippen molar-refractivity contribution in [2.24, 2.45) is 0 Å². The van der Waals surface area contributed by atoms with E-state index in [1.165, 1.54) is 0 Å². The largest absolute Gasteiger partial charge is 0.390 e. The molecule has 0 unspecified atom stereocenters. The van der Waals surface area contributed by atoms with Crippen molar-refractivity contribution in [2.45, 2.75) is 25.7 Å². The molecule has 0 saturated carbocycles. The Balaban J connectivity index is 1.71. The summed E-state index contributed by atoms with van der Waals surface area (Å²) in [6.45, 7) is -0.486. The molecule has 0 amide bonds. The lowest BCUT2D eigenvalue weighted by molar-refractivity contribution is -0.136. The highest BCUT2D eigenvalue weighted by Crippen LogP contribution is 2.27. The van der Waals surface area contributed by atoms with Crippen LogP contribution < -0.4 is 5.69 Å². The number of benzene rings is 2. The second kappa shape index (κ2) is 9.41. The lowest BCUT2D eigenvalue weighted by Crippen LogP contribution is -2.27. The van der Waals surface area contributed by atoms with Crippen LogP contribution in [0, 0.1) is 0 Å². The molecule has 0 spiro atoms. The number of alkyl halides is 3. The minimum Gasteiger partial charge on any atom is -0.275 e. The summed E-state index contributed by atoms with van der Waals surface area (Å²) >= 11 is 12.2. The number of halogens is 5. The minimum atomic E-state index is -4.41. The summed E-state index contributed by atoms with van der Waals surface area (Å²) in [6, 6.07) is 17.1. The molecule has 33 heavy (non-hydrogen) atoms. The van der Waals surface area contributed by atoms with E-state index in [-0.39, 0.29) is 12.4 Å². The molecule has 0 saturated heterocycles. The molecule has 0 N–H and O–H groups in total. The van der Waals surface area contributed by atoms with Crippen LogP contribution in [0.25, 0.3) is 22.6 Å². The number of hydrogen-bond acceptors (Lipinski definition) is 3. The summed E-state index contributed by atoms with van der Waals surface area (Å²) in [6.07, 6.45) is -3.97. The zero-order valence-corrected chi connectivity index (χ0v) is 18.6. The second-order valence-electron chi connectivity index (χ2n) is 7.32. The van der Waals surface area contributed by atoms with Crippen LogP contribution in [0.5, 0.6) is 0 Å². The predicted molar refractivity (Wildman–Crippen MR) is 121 cm³/mol. The third-order valence-corrected chi connectivity index (χ3v) is 5.53. The first-order valence-corrected chi connectivity index (χ1v) is 10.7. The van der Waals surface area contributed by atoms with Gasteiger partial charge in [-0.05, 0) is 48.0 Å². The van der Waals surface area contributed by atoms with Crippen LogP contribution in [0.15, 0.2) is 71.7 Å². The maximum absolute atomic E-state index is 13.0. The number of pyridine rings is 1. The molecule has 0 bridgehead atoms. The SMILES string of the molecule is O=c1n(Cc2ccnc(-c3ccccc3Cl)c2)nc(-c2ccc(Cl)cc2)n1CCC(F)(F)F. The summed E-state index contributed by atoms with van der Waals surface area (Å²) in [5.41, 5.74) is 1.89.